The summed E-state index contributed by atoms with van der Waals surface area (Å²) in [7, 11) is 0.0552. The van der Waals surface area contributed by atoms with Gasteiger partial charge >= 0.3 is 11.4 Å². The van der Waals surface area contributed by atoms with Gasteiger partial charge in [0.15, 0.2) is 54.6 Å². The molecule has 6 aromatic heterocycles. The van der Waals surface area contributed by atoms with Crippen molar-refractivity contribution in [2.24, 2.45) is 0 Å². The van der Waals surface area contributed by atoms with Crippen LogP contribution >= 0.6 is 21.3 Å². The van der Waals surface area contributed by atoms with Gasteiger partial charge in [-0.1, -0.05) is 25.2 Å². The standard InChI is InChI=1S/C54H81N16O25P3S2/c1-8-9-29-36(40(83-15-11-79-5)50(89-29)67-18-27(2)43(55)65-53(67)72)93-96(74,75)86-21-31-37(41(84-16-12-80-6)51(91-31)68-19-28(3)44(56)66-54(68)73)94-98(77,100)88-22-32-38(42(85-17-13-81-7)52(92-32)70-26-64-34-46(58)60-24-62-48(34)70)95-97(76,99)87-20-30-35(71)39(82-14-10-78-4)49(90-30)69-25-63-33-45(57)59-23-61-47(33)69/h18-19,23-26,29-32,35-42,49-52,71H,8-17,20-22H2,1-7H3,(H,74,75)(H,76,99)(H,77,100)(H2,55,65,72)(H2,56,66,73)(H2,57,59,61)(H2,58,60,62)/p-3/t29-,30-,31-,32-,35?,36?,37?,38?,39+,40+,41+,42+,49-,50-,51-,52-,97?,98?/m1/s1. The van der Waals surface area contributed by atoms with Gasteiger partial charge in [-0.3, -0.25) is 27.4 Å². The Hall–Kier alpha value is -5.32. The molecule has 0 aliphatic carbocycles. The molecule has 100 heavy (non-hydrogen) atoms. The smallest absolute Gasteiger partial charge is 0.351 e. The lowest BCUT2D eigenvalue weighted by molar-refractivity contribution is -0.237. The van der Waals surface area contributed by atoms with Crippen LogP contribution in [0.25, 0.3) is 22.3 Å². The third kappa shape index (κ3) is 17.9. The highest BCUT2D eigenvalue weighted by Gasteiger charge is 2.54. The number of hydrogen-bond acceptors (Lipinski definition) is 39. The van der Waals surface area contributed by atoms with Crippen LogP contribution in [-0.4, -0.2) is 238 Å². The van der Waals surface area contributed by atoms with E-state index in [9.17, 15) is 28.7 Å². The predicted molar refractivity (Wildman–Crippen MR) is 347 cm³/mol. The summed E-state index contributed by atoms with van der Waals surface area (Å²) < 4.78 is 141. The Labute approximate surface area is 580 Å². The summed E-state index contributed by atoms with van der Waals surface area (Å²) in [5.74, 6) is -0.113. The van der Waals surface area contributed by atoms with E-state index in [1.54, 1.807) is 13.8 Å². The fourth-order valence-electron chi connectivity index (χ4n) is 11.5. The molecule has 0 aromatic carbocycles. The van der Waals surface area contributed by atoms with Gasteiger partial charge in [0.05, 0.1) is 91.4 Å². The van der Waals surface area contributed by atoms with Crippen molar-refractivity contribution in [3.8, 4) is 0 Å². The first-order valence-electron chi connectivity index (χ1n) is 31.0. The molecule has 6 aromatic rings. The Morgan fingerprint density at radius 2 is 0.930 bits per heavy atom. The first kappa shape index (κ1) is 77.3. The summed E-state index contributed by atoms with van der Waals surface area (Å²) in [6, 6.07) is 0. The van der Waals surface area contributed by atoms with Crippen LogP contribution in [0.1, 0.15) is 55.8 Å². The van der Waals surface area contributed by atoms with Gasteiger partial charge in [-0.2, -0.15) is 9.97 Å². The maximum Gasteiger partial charge on any atom is 0.351 e. The van der Waals surface area contributed by atoms with Crippen molar-refractivity contribution in [2.75, 3.05) is 124 Å². The first-order valence-corrected chi connectivity index (χ1v) is 37.6. The Kier molecular flexibility index (Phi) is 26.3. The van der Waals surface area contributed by atoms with E-state index in [-0.39, 0.29) is 105 Å². The minimum Gasteiger partial charge on any atom is -0.780 e. The van der Waals surface area contributed by atoms with Crippen molar-refractivity contribution in [3.63, 3.8) is 0 Å². The van der Waals surface area contributed by atoms with E-state index in [0.29, 0.717) is 17.5 Å². The average molecular weight is 1510 g/mol. The number of phosphoric ester groups is 1. The third-order valence-electron chi connectivity index (χ3n) is 16.3. The molecule has 9 N–H and O–H groups in total. The highest BCUT2D eigenvalue weighted by Crippen LogP contribution is 2.54. The van der Waals surface area contributed by atoms with Gasteiger partial charge in [0.2, 0.25) is 0 Å². The molecule has 554 valence electrons. The molecule has 0 spiro atoms. The highest BCUT2D eigenvalue weighted by molar-refractivity contribution is 8.32. The normalized spacial score (nSPS) is 28.9. The number of aliphatic hydroxyl groups excluding tert-OH is 1. The van der Waals surface area contributed by atoms with Gasteiger partial charge in [0.25, 0.3) is 7.82 Å². The van der Waals surface area contributed by atoms with Gasteiger partial charge in [0.1, 0.15) is 109 Å². The van der Waals surface area contributed by atoms with Gasteiger partial charge in [-0.15, -0.1) is 0 Å². The number of ether oxygens (including phenoxy) is 12. The van der Waals surface area contributed by atoms with Crippen molar-refractivity contribution >= 4 is 91.0 Å². The zero-order chi connectivity index (χ0) is 71.8. The van der Waals surface area contributed by atoms with Crippen LogP contribution in [0.3, 0.4) is 0 Å². The van der Waals surface area contributed by atoms with E-state index >= 15 is 4.89 Å². The van der Waals surface area contributed by atoms with Crippen molar-refractivity contribution in [2.45, 2.75) is 132 Å². The fraction of sp³-hybridized carbons (Fsp3) is 0.667. The number of phosphoric acid groups is 1. The van der Waals surface area contributed by atoms with Crippen LogP contribution in [0.2, 0.25) is 0 Å². The summed E-state index contributed by atoms with van der Waals surface area (Å²) >= 11 is 11.2. The lowest BCUT2D eigenvalue weighted by Crippen LogP contribution is -2.42. The number of aromatic nitrogens is 12. The molecule has 7 unspecified atom stereocenters. The van der Waals surface area contributed by atoms with Gasteiger partial charge < -0.3 is 134 Å². The molecule has 0 saturated carbocycles. The minimum absolute atomic E-state index is 0.000404. The van der Waals surface area contributed by atoms with Gasteiger partial charge in [0, 0.05) is 52.0 Å². The third-order valence-corrected chi connectivity index (χ3v) is 20.3. The van der Waals surface area contributed by atoms with Crippen LogP contribution < -0.4 is 44.1 Å². The second kappa shape index (κ2) is 34.1. The number of nitrogens with zero attached hydrogens (tertiary/aromatic N) is 12. The van der Waals surface area contributed by atoms with Crippen molar-refractivity contribution in [3.05, 3.63) is 69.8 Å². The van der Waals surface area contributed by atoms with E-state index in [1.165, 1.54) is 75.3 Å². The predicted octanol–water partition coefficient (Wildman–Crippen LogP) is -1.08. The number of methoxy groups -OCH3 is 4. The largest absolute Gasteiger partial charge is 0.780 e. The molecule has 19 atom stereocenters. The summed E-state index contributed by atoms with van der Waals surface area (Å²) in [4.78, 5) is 89.8. The number of hydrogen-bond donors (Lipinski definition) is 5. The fourth-order valence-corrected chi connectivity index (χ4v) is 15.3. The Bertz CT molecular complexity index is 4020. The van der Waals surface area contributed by atoms with Crippen molar-refractivity contribution in [1.82, 2.24) is 58.1 Å². The average Bonchev–Trinajstić information content (AvgIpc) is 1.64. The molecular formula is C54H78N16O25P3S2-3. The SMILES string of the molecule is CCC[C@H]1O[C@@H](n2cc(C)c(N)nc2=O)[C@@H](OCCOC)C1OP(=O)([O-])OC[C@H]1O[C@@H](n2cc(C)c(N)nc2=O)[C@@H](OCCOC)C1OP([O-])(=S)OC[C@H]1O[C@@H](n2cnc3c(N)ncnc32)[C@@H](OCCOC)C1OP(=O)([S-])OC[C@H]1O[C@@H](n2cnc3c(N)ncnc32)[C@@H](OCCOC)C1O. The molecule has 46 heteroatoms. The maximum absolute atomic E-state index is 15.2. The van der Waals surface area contributed by atoms with Gasteiger partial charge in [-0.25, -0.2) is 39.5 Å². The molecule has 10 rings (SSSR count). The number of rotatable bonds is 37. The number of aliphatic hydroxyl groups is 1. The monoisotopic (exact) mass is 1510 g/mol. The topological polar surface area (TPSA) is 528 Å². The highest BCUT2D eigenvalue weighted by atomic mass is 32.7. The molecular weight excluding hydrogens is 1430 g/mol. The quantitative estimate of drug-likeness (QED) is 0.0176. The Morgan fingerprint density at radius 3 is 1.40 bits per heavy atom. The van der Waals surface area contributed by atoms with Crippen LogP contribution in [-0.2, 0) is 117 Å². The lowest BCUT2D eigenvalue weighted by atomic mass is 10.1. The minimum atomic E-state index is -5.61. The summed E-state index contributed by atoms with van der Waals surface area (Å²) in [5.41, 5.74) is 23.9. The van der Waals surface area contributed by atoms with E-state index in [2.05, 4.69) is 39.9 Å². The van der Waals surface area contributed by atoms with E-state index in [0.717, 1.165) is 9.13 Å². The van der Waals surface area contributed by atoms with Gasteiger partial charge in [-0.05, 0) is 20.3 Å². The number of anilines is 4. The second-order valence-corrected chi connectivity index (χ2v) is 29.7. The number of fused-ring (bicyclic) bond motifs is 2. The van der Waals surface area contributed by atoms with Crippen LogP contribution in [0.5, 0.6) is 0 Å². The van der Waals surface area contributed by atoms with Crippen LogP contribution in [0.4, 0.5) is 23.3 Å². The molecule has 0 amide bonds. The Balaban J connectivity index is 0.938. The summed E-state index contributed by atoms with van der Waals surface area (Å²) in [6.07, 6.45) is -14.4. The molecule has 4 aliphatic rings. The number of aryl methyl sites for hydroxylation is 2. The summed E-state index contributed by atoms with van der Waals surface area (Å²) in [5, 5.41) is 11.8. The molecule has 41 nitrogen and oxygen atoms in total. The molecule has 4 fully saturated rings. The van der Waals surface area contributed by atoms with Crippen LogP contribution in [0.15, 0.2) is 47.3 Å². The van der Waals surface area contributed by atoms with Crippen molar-refractivity contribution in [1.29, 1.82) is 0 Å². The number of nitrogen functional groups attached to an aromatic ring is 4. The number of imidazole rings is 2. The molecule has 4 saturated heterocycles. The Morgan fingerprint density at radius 1 is 0.530 bits per heavy atom. The van der Waals surface area contributed by atoms with Crippen LogP contribution in [0, 0.1) is 13.8 Å². The molecule has 0 bridgehead atoms. The number of nitrogens with two attached hydrogens (primary N) is 4. The van der Waals surface area contributed by atoms with E-state index < -0.39 is 151 Å². The van der Waals surface area contributed by atoms with Crippen molar-refractivity contribution < 1.29 is 108 Å². The zero-order valence-electron chi connectivity index (χ0n) is 55.0. The second-order valence-electron chi connectivity index (χ2n) is 23.0. The van der Waals surface area contributed by atoms with E-state index in [1.807, 2.05) is 6.92 Å². The molecule has 4 aliphatic heterocycles. The van der Waals surface area contributed by atoms with E-state index in [4.69, 9.17) is 131 Å². The maximum atomic E-state index is 15.2. The zero-order valence-corrected chi connectivity index (χ0v) is 59.3. The lowest BCUT2D eigenvalue weighted by Gasteiger charge is -2.36. The molecule has 10 heterocycles. The summed E-state index contributed by atoms with van der Waals surface area (Å²) in [6.45, 7) is -8.02. The molecule has 0 radical (unpaired) electrons. The first-order chi connectivity index (χ1) is 47.8.